The zero-order valence-electron chi connectivity index (χ0n) is 7.53. The summed E-state index contributed by atoms with van der Waals surface area (Å²) in [7, 11) is 2.87. The van der Waals surface area contributed by atoms with Gasteiger partial charge in [-0.25, -0.2) is 4.79 Å². The number of methoxy groups -OCH3 is 1. The molecule has 0 saturated carbocycles. The Kier molecular flexibility index (Phi) is 4.76. The largest absolute Gasteiger partial charge is 0.466 e. The number of hydrogen-bond acceptors (Lipinski definition) is 3. The second kappa shape index (κ2) is 5.35. The fraction of sp³-hybridized carbons (Fsp3) is 0.500. The van der Waals surface area contributed by atoms with Crippen molar-refractivity contribution in [3.63, 3.8) is 0 Å². The summed E-state index contributed by atoms with van der Waals surface area (Å²) >= 11 is 0. The second-order valence-electron chi connectivity index (χ2n) is 2.20. The van der Waals surface area contributed by atoms with E-state index in [1.807, 2.05) is 0 Å². The molecule has 0 bridgehead atoms. The van der Waals surface area contributed by atoms with Gasteiger partial charge in [-0.3, -0.25) is 4.79 Å². The number of rotatable bonds is 3. The van der Waals surface area contributed by atoms with Crippen LogP contribution in [0.5, 0.6) is 0 Å². The standard InChI is InChI=1S/C8H13NO3/c1-4-7(10)9(2)6-5-8(11)12-3/h5-6H,4H2,1-3H3/b6-5+. The third-order valence-corrected chi connectivity index (χ3v) is 1.33. The number of carbonyl (C=O) groups excluding carboxylic acids is 2. The van der Waals surface area contributed by atoms with E-state index < -0.39 is 5.97 Å². The predicted molar refractivity (Wildman–Crippen MR) is 44.2 cm³/mol. The lowest BCUT2D eigenvalue weighted by Crippen LogP contribution is -2.19. The maximum absolute atomic E-state index is 10.9. The molecule has 0 heterocycles. The summed E-state index contributed by atoms with van der Waals surface area (Å²) in [5.74, 6) is -0.513. The molecule has 0 N–H and O–H groups in total. The Bertz CT molecular complexity index is 198. The molecular formula is C8H13NO3. The summed E-state index contributed by atoms with van der Waals surface area (Å²) in [6, 6.07) is 0. The third kappa shape index (κ3) is 3.75. The SMILES string of the molecule is CCC(=O)N(C)/C=C/C(=O)OC. The number of carbonyl (C=O) groups is 2. The van der Waals surface area contributed by atoms with Crippen LogP contribution in [0.3, 0.4) is 0 Å². The van der Waals surface area contributed by atoms with Gasteiger partial charge in [-0.05, 0) is 0 Å². The van der Waals surface area contributed by atoms with E-state index in [0.29, 0.717) is 6.42 Å². The first-order valence-electron chi connectivity index (χ1n) is 3.63. The van der Waals surface area contributed by atoms with Crippen molar-refractivity contribution in [3.05, 3.63) is 12.3 Å². The fourth-order valence-corrected chi connectivity index (χ4v) is 0.573. The van der Waals surface area contributed by atoms with E-state index in [9.17, 15) is 9.59 Å². The van der Waals surface area contributed by atoms with Crippen LogP contribution < -0.4 is 0 Å². The first kappa shape index (κ1) is 10.7. The van der Waals surface area contributed by atoms with Crippen molar-refractivity contribution in [2.45, 2.75) is 13.3 Å². The molecule has 0 aliphatic rings. The van der Waals surface area contributed by atoms with Gasteiger partial charge >= 0.3 is 5.97 Å². The molecule has 0 spiro atoms. The van der Waals surface area contributed by atoms with Gasteiger partial charge in [0.05, 0.1) is 7.11 Å². The van der Waals surface area contributed by atoms with Crippen LogP contribution in [-0.2, 0) is 14.3 Å². The molecule has 0 aromatic carbocycles. The van der Waals surface area contributed by atoms with Crippen LogP contribution in [-0.4, -0.2) is 30.9 Å². The lowest BCUT2D eigenvalue weighted by atomic mass is 10.4. The molecule has 0 aliphatic carbocycles. The molecule has 0 saturated heterocycles. The van der Waals surface area contributed by atoms with Crippen molar-refractivity contribution < 1.29 is 14.3 Å². The molecule has 0 radical (unpaired) electrons. The minimum absolute atomic E-state index is 0.0462. The van der Waals surface area contributed by atoms with Gasteiger partial charge in [0.25, 0.3) is 0 Å². The zero-order chi connectivity index (χ0) is 9.56. The van der Waals surface area contributed by atoms with Gasteiger partial charge in [0.15, 0.2) is 0 Å². The number of esters is 1. The van der Waals surface area contributed by atoms with E-state index in [1.54, 1.807) is 14.0 Å². The van der Waals surface area contributed by atoms with Gasteiger partial charge in [-0.15, -0.1) is 0 Å². The van der Waals surface area contributed by atoms with E-state index in [1.165, 1.54) is 24.3 Å². The minimum atomic E-state index is -0.467. The molecule has 1 amide bonds. The van der Waals surface area contributed by atoms with Crippen molar-refractivity contribution >= 4 is 11.9 Å². The normalized spacial score (nSPS) is 9.92. The molecule has 0 fully saturated rings. The molecule has 4 heteroatoms. The van der Waals surface area contributed by atoms with E-state index in [4.69, 9.17) is 0 Å². The second-order valence-corrected chi connectivity index (χ2v) is 2.20. The summed E-state index contributed by atoms with van der Waals surface area (Å²) in [5.41, 5.74) is 0. The Morgan fingerprint density at radius 1 is 1.50 bits per heavy atom. The monoisotopic (exact) mass is 171 g/mol. The first-order chi connectivity index (χ1) is 5.61. The lowest BCUT2D eigenvalue weighted by Gasteiger charge is -2.08. The summed E-state index contributed by atoms with van der Waals surface area (Å²) in [6.45, 7) is 1.75. The van der Waals surface area contributed by atoms with Gasteiger partial charge in [0, 0.05) is 25.7 Å². The Morgan fingerprint density at radius 2 is 2.08 bits per heavy atom. The smallest absolute Gasteiger partial charge is 0.331 e. The Balaban J connectivity index is 3.98. The molecule has 0 aliphatic heterocycles. The summed E-state index contributed by atoms with van der Waals surface area (Å²) in [5, 5.41) is 0. The van der Waals surface area contributed by atoms with Crippen LogP contribution in [0.1, 0.15) is 13.3 Å². The number of ether oxygens (including phenoxy) is 1. The van der Waals surface area contributed by atoms with Crippen molar-refractivity contribution in [3.8, 4) is 0 Å². The summed E-state index contributed by atoms with van der Waals surface area (Å²) in [4.78, 5) is 22.9. The highest BCUT2D eigenvalue weighted by Gasteiger charge is 2.01. The van der Waals surface area contributed by atoms with Crippen LogP contribution in [0.15, 0.2) is 12.3 Å². The average molecular weight is 171 g/mol. The van der Waals surface area contributed by atoms with E-state index in [-0.39, 0.29) is 5.91 Å². The molecule has 0 atom stereocenters. The van der Waals surface area contributed by atoms with Gasteiger partial charge in [0.2, 0.25) is 5.91 Å². The van der Waals surface area contributed by atoms with Crippen molar-refractivity contribution in [1.82, 2.24) is 4.90 Å². The van der Waals surface area contributed by atoms with E-state index in [2.05, 4.69) is 4.74 Å². The van der Waals surface area contributed by atoms with E-state index >= 15 is 0 Å². The van der Waals surface area contributed by atoms with E-state index in [0.717, 1.165) is 0 Å². The fourth-order valence-electron chi connectivity index (χ4n) is 0.573. The van der Waals surface area contributed by atoms with Crippen molar-refractivity contribution in [2.75, 3.05) is 14.2 Å². The van der Waals surface area contributed by atoms with Crippen LogP contribution in [0.2, 0.25) is 0 Å². The molecule has 0 aromatic heterocycles. The highest BCUT2D eigenvalue weighted by molar-refractivity contribution is 5.83. The average Bonchev–Trinajstić information content (AvgIpc) is 2.11. The Morgan fingerprint density at radius 3 is 2.50 bits per heavy atom. The molecule has 4 nitrogen and oxygen atoms in total. The third-order valence-electron chi connectivity index (χ3n) is 1.33. The van der Waals surface area contributed by atoms with Gasteiger partial charge < -0.3 is 9.64 Å². The van der Waals surface area contributed by atoms with Gasteiger partial charge in [-0.2, -0.15) is 0 Å². The van der Waals surface area contributed by atoms with Gasteiger partial charge in [-0.1, -0.05) is 6.92 Å². The minimum Gasteiger partial charge on any atom is -0.466 e. The van der Waals surface area contributed by atoms with Gasteiger partial charge in [0.1, 0.15) is 0 Å². The molecule has 0 unspecified atom stereocenters. The van der Waals surface area contributed by atoms with Crippen LogP contribution in [0.4, 0.5) is 0 Å². The molecule has 0 rings (SSSR count). The maximum Gasteiger partial charge on any atom is 0.331 e. The van der Waals surface area contributed by atoms with Crippen LogP contribution in [0.25, 0.3) is 0 Å². The highest BCUT2D eigenvalue weighted by Crippen LogP contribution is 1.90. The highest BCUT2D eigenvalue weighted by atomic mass is 16.5. The van der Waals surface area contributed by atoms with Crippen LogP contribution in [0, 0.1) is 0 Å². The number of nitrogens with zero attached hydrogens (tertiary/aromatic N) is 1. The lowest BCUT2D eigenvalue weighted by molar-refractivity contribution is -0.134. The Hall–Kier alpha value is -1.32. The molecule has 12 heavy (non-hydrogen) atoms. The molecule has 68 valence electrons. The Labute approximate surface area is 71.8 Å². The maximum atomic E-state index is 10.9. The summed E-state index contributed by atoms with van der Waals surface area (Å²) < 4.78 is 4.35. The zero-order valence-corrected chi connectivity index (χ0v) is 7.53. The molecule has 0 aromatic rings. The first-order valence-corrected chi connectivity index (χ1v) is 3.63. The van der Waals surface area contributed by atoms with Crippen molar-refractivity contribution in [2.24, 2.45) is 0 Å². The number of amides is 1. The molecular weight excluding hydrogens is 158 g/mol. The topological polar surface area (TPSA) is 46.6 Å². The number of hydrogen-bond donors (Lipinski definition) is 0. The quantitative estimate of drug-likeness (QED) is 0.460. The van der Waals surface area contributed by atoms with Crippen LogP contribution >= 0.6 is 0 Å². The predicted octanol–water partition coefficient (Wildman–Crippen LogP) is 0.542. The summed E-state index contributed by atoms with van der Waals surface area (Å²) in [6.07, 6.45) is 3.01. The van der Waals surface area contributed by atoms with Crippen molar-refractivity contribution in [1.29, 1.82) is 0 Å².